The molecule has 0 radical (unpaired) electrons. The summed E-state index contributed by atoms with van der Waals surface area (Å²) in [4.78, 5) is 0. The number of hydrogen-bond acceptors (Lipinski definition) is 2. The summed E-state index contributed by atoms with van der Waals surface area (Å²) in [6, 6.07) is 8.75. The fourth-order valence-corrected chi connectivity index (χ4v) is 2.60. The van der Waals surface area contributed by atoms with Gasteiger partial charge in [0.05, 0.1) is 13.2 Å². The Morgan fingerprint density at radius 3 is 2.35 bits per heavy atom. The largest absolute Gasteiger partial charge is 0.347 e. The molecule has 90 valence electrons. The SMILES string of the molecule is Cc1ccc(C2=CCC3(CC2)OCCO3)cc1. The van der Waals surface area contributed by atoms with Crippen LogP contribution in [0.5, 0.6) is 0 Å². The van der Waals surface area contributed by atoms with Crippen molar-refractivity contribution in [3.8, 4) is 0 Å². The Bertz CT molecular complexity index is 425. The van der Waals surface area contributed by atoms with Crippen molar-refractivity contribution >= 4 is 5.57 Å². The molecule has 1 spiro atoms. The Labute approximate surface area is 102 Å². The Morgan fingerprint density at radius 2 is 1.76 bits per heavy atom. The minimum Gasteiger partial charge on any atom is -0.347 e. The molecule has 0 saturated carbocycles. The summed E-state index contributed by atoms with van der Waals surface area (Å²) in [7, 11) is 0. The van der Waals surface area contributed by atoms with Gasteiger partial charge in [-0.15, -0.1) is 0 Å². The van der Waals surface area contributed by atoms with Gasteiger partial charge in [0.1, 0.15) is 0 Å². The number of aryl methyl sites for hydroxylation is 1. The zero-order valence-corrected chi connectivity index (χ0v) is 10.2. The minimum atomic E-state index is -0.297. The number of allylic oxidation sites excluding steroid dienone is 1. The number of benzene rings is 1. The second-order valence-corrected chi connectivity index (χ2v) is 4.91. The van der Waals surface area contributed by atoms with Crippen LogP contribution in [0, 0.1) is 6.92 Å². The van der Waals surface area contributed by atoms with E-state index in [1.165, 1.54) is 16.7 Å². The average Bonchev–Trinajstić information content (AvgIpc) is 2.80. The van der Waals surface area contributed by atoms with Crippen molar-refractivity contribution in [1.29, 1.82) is 0 Å². The summed E-state index contributed by atoms with van der Waals surface area (Å²) in [5.74, 6) is -0.297. The van der Waals surface area contributed by atoms with Crippen LogP contribution >= 0.6 is 0 Å². The first-order chi connectivity index (χ1) is 8.27. The third-order valence-corrected chi connectivity index (χ3v) is 3.67. The Kier molecular flexibility index (Phi) is 2.77. The molecular formula is C15H18O2. The smallest absolute Gasteiger partial charge is 0.172 e. The van der Waals surface area contributed by atoms with Gasteiger partial charge >= 0.3 is 0 Å². The van der Waals surface area contributed by atoms with Gasteiger partial charge in [-0.3, -0.25) is 0 Å². The highest BCUT2D eigenvalue weighted by atomic mass is 16.7. The molecule has 1 fully saturated rings. The minimum absolute atomic E-state index is 0.297. The van der Waals surface area contributed by atoms with Crippen molar-refractivity contribution in [2.75, 3.05) is 13.2 Å². The fraction of sp³-hybridized carbons (Fsp3) is 0.467. The highest BCUT2D eigenvalue weighted by Gasteiger charge is 2.37. The van der Waals surface area contributed by atoms with Crippen molar-refractivity contribution < 1.29 is 9.47 Å². The van der Waals surface area contributed by atoms with Crippen LogP contribution < -0.4 is 0 Å². The fourth-order valence-electron chi connectivity index (χ4n) is 2.60. The molecule has 1 saturated heterocycles. The summed E-state index contributed by atoms with van der Waals surface area (Å²) >= 11 is 0. The predicted molar refractivity (Wildman–Crippen MR) is 67.6 cm³/mol. The molecule has 0 N–H and O–H groups in total. The lowest BCUT2D eigenvalue weighted by Crippen LogP contribution is -2.31. The number of hydrogen-bond donors (Lipinski definition) is 0. The molecular weight excluding hydrogens is 212 g/mol. The Morgan fingerprint density at radius 1 is 1.06 bits per heavy atom. The topological polar surface area (TPSA) is 18.5 Å². The maximum absolute atomic E-state index is 5.72. The van der Waals surface area contributed by atoms with E-state index in [4.69, 9.17) is 9.47 Å². The van der Waals surface area contributed by atoms with Gasteiger partial charge in [0.15, 0.2) is 5.79 Å². The number of ether oxygens (including phenoxy) is 2. The van der Waals surface area contributed by atoms with Gasteiger partial charge in [-0.1, -0.05) is 35.9 Å². The van der Waals surface area contributed by atoms with E-state index in [9.17, 15) is 0 Å². The summed E-state index contributed by atoms with van der Waals surface area (Å²) in [5, 5.41) is 0. The standard InChI is InChI=1S/C15H18O2/c1-12-2-4-13(5-3-12)14-6-8-15(9-7-14)16-10-11-17-15/h2-6H,7-11H2,1H3. The molecule has 1 aliphatic carbocycles. The van der Waals surface area contributed by atoms with Crippen molar-refractivity contribution in [3.05, 3.63) is 41.5 Å². The van der Waals surface area contributed by atoms with Gasteiger partial charge in [-0.05, 0) is 24.5 Å². The zero-order chi connectivity index (χ0) is 11.7. The van der Waals surface area contributed by atoms with E-state index in [2.05, 4.69) is 37.3 Å². The molecule has 2 nitrogen and oxygen atoms in total. The second kappa shape index (κ2) is 4.28. The van der Waals surface area contributed by atoms with Gasteiger partial charge in [0.2, 0.25) is 0 Å². The normalized spacial score (nSPS) is 22.8. The van der Waals surface area contributed by atoms with Crippen LogP contribution in [0.3, 0.4) is 0 Å². The average molecular weight is 230 g/mol. The maximum atomic E-state index is 5.72. The van der Waals surface area contributed by atoms with E-state index in [1.807, 2.05) is 0 Å². The highest BCUT2D eigenvalue weighted by molar-refractivity contribution is 5.66. The van der Waals surface area contributed by atoms with Gasteiger partial charge in [0, 0.05) is 12.8 Å². The van der Waals surface area contributed by atoms with Crippen LogP contribution in [0.25, 0.3) is 5.57 Å². The van der Waals surface area contributed by atoms with Crippen LogP contribution in [-0.4, -0.2) is 19.0 Å². The van der Waals surface area contributed by atoms with E-state index in [0.29, 0.717) is 0 Å². The second-order valence-electron chi connectivity index (χ2n) is 4.91. The molecule has 0 atom stereocenters. The summed E-state index contributed by atoms with van der Waals surface area (Å²) in [6.07, 6.45) is 5.19. The van der Waals surface area contributed by atoms with E-state index in [-0.39, 0.29) is 5.79 Å². The van der Waals surface area contributed by atoms with E-state index < -0.39 is 0 Å². The van der Waals surface area contributed by atoms with Crippen LogP contribution in [0.1, 0.15) is 30.4 Å². The van der Waals surface area contributed by atoms with Crippen LogP contribution in [0.15, 0.2) is 30.3 Å². The maximum Gasteiger partial charge on any atom is 0.172 e. The molecule has 1 heterocycles. The molecule has 1 aliphatic heterocycles. The molecule has 3 rings (SSSR count). The molecule has 2 aliphatic rings. The van der Waals surface area contributed by atoms with Crippen molar-refractivity contribution in [2.24, 2.45) is 0 Å². The Hall–Kier alpha value is -1.12. The summed E-state index contributed by atoms with van der Waals surface area (Å²) < 4.78 is 11.4. The lowest BCUT2D eigenvalue weighted by Gasteiger charge is -2.30. The predicted octanol–water partition coefficient (Wildman–Crippen LogP) is 3.31. The van der Waals surface area contributed by atoms with Crippen LogP contribution in [0.4, 0.5) is 0 Å². The lowest BCUT2D eigenvalue weighted by atomic mass is 9.89. The molecule has 0 aromatic heterocycles. The molecule has 2 heteroatoms. The monoisotopic (exact) mass is 230 g/mol. The molecule has 0 bridgehead atoms. The van der Waals surface area contributed by atoms with Gasteiger partial charge in [-0.25, -0.2) is 0 Å². The first kappa shape index (κ1) is 11.0. The quantitative estimate of drug-likeness (QED) is 0.737. The van der Waals surface area contributed by atoms with Gasteiger partial charge < -0.3 is 9.47 Å². The lowest BCUT2D eigenvalue weighted by molar-refractivity contribution is -0.159. The Balaban J connectivity index is 1.78. The molecule has 0 unspecified atom stereocenters. The molecule has 17 heavy (non-hydrogen) atoms. The van der Waals surface area contributed by atoms with Crippen LogP contribution in [-0.2, 0) is 9.47 Å². The van der Waals surface area contributed by atoms with Gasteiger partial charge in [0.25, 0.3) is 0 Å². The van der Waals surface area contributed by atoms with Gasteiger partial charge in [-0.2, -0.15) is 0 Å². The molecule has 1 aromatic carbocycles. The summed E-state index contributed by atoms with van der Waals surface area (Å²) in [6.45, 7) is 3.61. The molecule has 0 amide bonds. The molecule has 1 aromatic rings. The number of rotatable bonds is 1. The highest BCUT2D eigenvalue weighted by Crippen LogP contribution is 2.38. The summed E-state index contributed by atoms with van der Waals surface area (Å²) in [5.41, 5.74) is 4.07. The van der Waals surface area contributed by atoms with Crippen LogP contribution in [0.2, 0.25) is 0 Å². The van der Waals surface area contributed by atoms with E-state index in [1.54, 1.807) is 0 Å². The van der Waals surface area contributed by atoms with Crippen molar-refractivity contribution in [2.45, 2.75) is 32.0 Å². The van der Waals surface area contributed by atoms with E-state index >= 15 is 0 Å². The third kappa shape index (κ3) is 2.15. The van der Waals surface area contributed by atoms with Crippen molar-refractivity contribution in [1.82, 2.24) is 0 Å². The zero-order valence-electron chi connectivity index (χ0n) is 10.2. The first-order valence-electron chi connectivity index (χ1n) is 6.31. The first-order valence-corrected chi connectivity index (χ1v) is 6.31. The van der Waals surface area contributed by atoms with Crippen molar-refractivity contribution in [3.63, 3.8) is 0 Å². The van der Waals surface area contributed by atoms with E-state index in [0.717, 1.165) is 32.5 Å². The third-order valence-electron chi connectivity index (χ3n) is 3.67.